The molecule has 0 aromatic heterocycles. The van der Waals surface area contributed by atoms with Crippen LogP contribution >= 0.6 is 24.0 Å². The predicted molar refractivity (Wildman–Crippen MR) is 92.7 cm³/mol. The van der Waals surface area contributed by atoms with Gasteiger partial charge < -0.3 is 20.9 Å². The summed E-state index contributed by atoms with van der Waals surface area (Å²) in [6.07, 6.45) is -0.581. The number of aliphatic hydroxyl groups is 1. The summed E-state index contributed by atoms with van der Waals surface area (Å²) in [6, 6.07) is 7.39. The lowest BCUT2D eigenvalue weighted by Gasteiger charge is -2.13. The molecule has 0 fully saturated rings. The Bertz CT molecular complexity index is 425. The maximum absolute atomic E-state index is 10.1. The molecular formula is C14H24IN3O2. The van der Waals surface area contributed by atoms with Crippen LogP contribution in [-0.2, 0) is 0 Å². The molecule has 0 saturated heterocycles. The Hall–Kier alpha value is -1.02. The van der Waals surface area contributed by atoms with Gasteiger partial charge in [-0.2, -0.15) is 0 Å². The molecule has 0 amide bonds. The lowest BCUT2D eigenvalue weighted by Crippen LogP contribution is -2.31. The van der Waals surface area contributed by atoms with Crippen LogP contribution in [0.1, 0.15) is 32.4 Å². The molecule has 114 valence electrons. The first-order valence-electron chi connectivity index (χ1n) is 6.51. The summed E-state index contributed by atoms with van der Waals surface area (Å²) in [5.41, 5.74) is 6.38. The zero-order valence-electron chi connectivity index (χ0n) is 12.2. The van der Waals surface area contributed by atoms with Crippen molar-refractivity contribution in [3.63, 3.8) is 0 Å². The Kier molecular flexibility index (Phi) is 9.32. The van der Waals surface area contributed by atoms with Crippen molar-refractivity contribution in [1.82, 2.24) is 5.32 Å². The third-order valence-corrected chi connectivity index (χ3v) is 2.41. The van der Waals surface area contributed by atoms with E-state index in [1.54, 1.807) is 0 Å². The smallest absolute Gasteiger partial charge is 0.188 e. The summed E-state index contributed by atoms with van der Waals surface area (Å²) in [5, 5.41) is 12.9. The number of nitrogens with zero attached hydrogens (tertiary/aromatic N) is 1. The van der Waals surface area contributed by atoms with Crippen LogP contribution in [-0.4, -0.2) is 30.3 Å². The fourth-order valence-corrected chi connectivity index (χ4v) is 1.59. The van der Waals surface area contributed by atoms with Gasteiger partial charge in [0, 0.05) is 6.54 Å². The van der Waals surface area contributed by atoms with E-state index < -0.39 is 6.10 Å². The fraction of sp³-hybridized carbons (Fsp3) is 0.500. The van der Waals surface area contributed by atoms with Crippen molar-refractivity contribution >= 4 is 29.9 Å². The van der Waals surface area contributed by atoms with Gasteiger partial charge in [-0.3, -0.25) is 4.99 Å². The van der Waals surface area contributed by atoms with Crippen LogP contribution in [0.4, 0.5) is 0 Å². The van der Waals surface area contributed by atoms with Crippen molar-refractivity contribution < 1.29 is 9.84 Å². The summed E-state index contributed by atoms with van der Waals surface area (Å²) >= 11 is 0. The summed E-state index contributed by atoms with van der Waals surface area (Å²) in [4.78, 5) is 4.07. The Morgan fingerprint density at radius 2 is 2.15 bits per heavy atom. The maximum Gasteiger partial charge on any atom is 0.188 e. The third kappa shape index (κ3) is 6.95. The van der Waals surface area contributed by atoms with Crippen molar-refractivity contribution in [2.75, 3.05) is 13.1 Å². The Morgan fingerprint density at radius 1 is 1.45 bits per heavy atom. The second kappa shape index (κ2) is 9.82. The number of aliphatic imine (C=N–C) groups is 1. The van der Waals surface area contributed by atoms with E-state index in [4.69, 9.17) is 10.5 Å². The molecule has 1 aromatic carbocycles. The predicted octanol–water partition coefficient (Wildman–Crippen LogP) is 2.05. The molecule has 0 heterocycles. The zero-order valence-corrected chi connectivity index (χ0v) is 14.5. The topological polar surface area (TPSA) is 79.9 Å². The number of nitrogens with two attached hydrogens (primary N) is 1. The average molecular weight is 393 g/mol. The van der Waals surface area contributed by atoms with Crippen LogP contribution in [0.2, 0.25) is 0 Å². The first kappa shape index (κ1) is 19.0. The molecule has 6 heteroatoms. The standard InChI is InChI=1S/C14H23N3O2.HI/c1-4-16-14(15)17-9-13(18)11-6-5-7-12(8-11)19-10(2)3;/h5-8,10,13,18H,4,9H2,1-3H3,(H3,15,16,17);1H. The van der Waals surface area contributed by atoms with Gasteiger partial charge in [0.2, 0.25) is 0 Å². The van der Waals surface area contributed by atoms with E-state index in [9.17, 15) is 5.11 Å². The van der Waals surface area contributed by atoms with Crippen LogP contribution in [0.5, 0.6) is 5.75 Å². The molecule has 0 spiro atoms. The number of halogens is 1. The van der Waals surface area contributed by atoms with Gasteiger partial charge in [0.25, 0.3) is 0 Å². The Labute approximate surface area is 137 Å². The number of ether oxygens (including phenoxy) is 1. The van der Waals surface area contributed by atoms with Crippen LogP contribution in [0.3, 0.4) is 0 Å². The van der Waals surface area contributed by atoms with Crippen molar-refractivity contribution in [2.45, 2.75) is 33.0 Å². The van der Waals surface area contributed by atoms with Gasteiger partial charge in [0.15, 0.2) is 5.96 Å². The van der Waals surface area contributed by atoms with Gasteiger partial charge in [-0.15, -0.1) is 24.0 Å². The van der Waals surface area contributed by atoms with E-state index in [1.165, 1.54) is 0 Å². The van der Waals surface area contributed by atoms with Crippen LogP contribution in [0.25, 0.3) is 0 Å². The molecular weight excluding hydrogens is 369 g/mol. The highest BCUT2D eigenvalue weighted by molar-refractivity contribution is 14.0. The highest BCUT2D eigenvalue weighted by Gasteiger charge is 2.08. The highest BCUT2D eigenvalue weighted by Crippen LogP contribution is 2.20. The SMILES string of the molecule is CCNC(N)=NCC(O)c1cccc(OC(C)C)c1.I. The van der Waals surface area contributed by atoms with E-state index in [1.807, 2.05) is 45.0 Å². The molecule has 1 aromatic rings. The molecule has 20 heavy (non-hydrogen) atoms. The van der Waals surface area contributed by atoms with Gasteiger partial charge in [0.1, 0.15) is 5.75 Å². The van der Waals surface area contributed by atoms with E-state index in [0.29, 0.717) is 12.5 Å². The second-order valence-electron chi connectivity index (χ2n) is 4.51. The molecule has 4 N–H and O–H groups in total. The highest BCUT2D eigenvalue weighted by atomic mass is 127. The minimum absolute atomic E-state index is 0. The minimum atomic E-state index is -0.687. The first-order chi connectivity index (χ1) is 9.02. The largest absolute Gasteiger partial charge is 0.491 e. The Morgan fingerprint density at radius 3 is 2.75 bits per heavy atom. The molecule has 1 unspecified atom stereocenters. The van der Waals surface area contributed by atoms with Crippen LogP contribution < -0.4 is 15.8 Å². The van der Waals surface area contributed by atoms with Crippen LogP contribution in [0.15, 0.2) is 29.3 Å². The number of benzene rings is 1. The summed E-state index contributed by atoms with van der Waals surface area (Å²) in [7, 11) is 0. The number of rotatable bonds is 6. The third-order valence-electron chi connectivity index (χ3n) is 2.41. The van der Waals surface area contributed by atoms with Crippen molar-refractivity contribution in [3.05, 3.63) is 29.8 Å². The first-order valence-corrected chi connectivity index (χ1v) is 6.51. The molecule has 0 saturated carbocycles. The van der Waals surface area contributed by atoms with E-state index in [0.717, 1.165) is 11.3 Å². The van der Waals surface area contributed by atoms with Crippen molar-refractivity contribution in [2.24, 2.45) is 10.7 Å². The van der Waals surface area contributed by atoms with Gasteiger partial charge in [-0.1, -0.05) is 12.1 Å². The van der Waals surface area contributed by atoms with E-state index in [2.05, 4.69) is 10.3 Å². The minimum Gasteiger partial charge on any atom is -0.491 e. The quantitative estimate of drug-likeness (QED) is 0.393. The second-order valence-corrected chi connectivity index (χ2v) is 4.51. The molecule has 0 aliphatic rings. The molecule has 0 aliphatic carbocycles. The average Bonchev–Trinajstić information content (AvgIpc) is 2.36. The lowest BCUT2D eigenvalue weighted by molar-refractivity contribution is 0.185. The molecule has 1 atom stereocenters. The van der Waals surface area contributed by atoms with E-state index >= 15 is 0 Å². The molecule has 0 aliphatic heterocycles. The molecule has 5 nitrogen and oxygen atoms in total. The van der Waals surface area contributed by atoms with Gasteiger partial charge in [-0.05, 0) is 38.5 Å². The zero-order chi connectivity index (χ0) is 14.3. The molecule has 0 bridgehead atoms. The number of hydrogen-bond donors (Lipinski definition) is 3. The number of aliphatic hydroxyl groups excluding tert-OH is 1. The lowest BCUT2D eigenvalue weighted by atomic mass is 10.1. The Balaban J connectivity index is 0.00000361. The molecule has 0 radical (unpaired) electrons. The van der Waals surface area contributed by atoms with E-state index in [-0.39, 0.29) is 36.6 Å². The summed E-state index contributed by atoms with van der Waals surface area (Å²) in [5.74, 6) is 1.09. The fourth-order valence-electron chi connectivity index (χ4n) is 1.59. The number of hydrogen-bond acceptors (Lipinski definition) is 3. The van der Waals surface area contributed by atoms with Crippen molar-refractivity contribution in [1.29, 1.82) is 0 Å². The van der Waals surface area contributed by atoms with Gasteiger partial charge >= 0.3 is 0 Å². The summed E-state index contributed by atoms with van der Waals surface area (Å²) < 4.78 is 5.59. The summed E-state index contributed by atoms with van der Waals surface area (Å²) in [6.45, 7) is 6.80. The van der Waals surface area contributed by atoms with Crippen molar-refractivity contribution in [3.8, 4) is 5.75 Å². The monoisotopic (exact) mass is 393 g/mol. The van der Waals surface area contributed by atoms with Gasteiger partial charge in [-0.25, -0.2) is 0 Å². The molecule has 1 rings (SSSR count). The maximum atomic E-state index is 10.1. The number of guanidine groups is 1. The normalized spacial score (nSPS) is 12.8. The van der Waals surface area contributed by atoms with Crippen LogP contribution in [0, 0.1) is 0 Å². The number of nitrogens with one attached hydrogen (secondary N) is 1. The van der Waals surface area contributed by atoms with Gasteiger partial charge in [0.05, 0.1) is 18.8 Å².